The van der Waals surface area contributed by atoms with Gasteiger partial charge in [0.05, 0.1) is 18.5 Å². The van der Waals surface area contributed by atoms with Crippen molar-refractivity contribution in [3.8, 4) is 5.75 Å². The molecule has 0 aliphatic rings. The van der Waals surface area contributed by atoms with Gasteiger partial charge in [-0.15, -0.1) is 11.3 Å². The number of methoxy groups -OCH3 is 1. The van der Waals surface area contributed by atoms with Crippen molar-refractivity contribution in [3.63, 3.8) is 0 Å². The number of hydrogen-bond acceptors (Lipinski definition) is 5. The summed E-state index contributed by atoms with van der Waals surface area (Å²) in [6.07, 6.45) is 0. The largest absolute Gasteiger partial charge is 0.495 e. The summed E-state index contributed by atoms with van der Waals surface area (Å²) >= 11 is 7.30. The Balaban J connectivity index is 1.97. The second-order valence-electron chi connectivity index (χ2n) is 5.58. The lowest BCUT2D eigenvalue weighted by atomic mass is 10.3. The number of carbonyl (C=O) groups excluding carboxylic acids is 1. The van der Waals surface area contributed by atoms with Gasteiger partial charge in [0.1, 0.15) is 5.75 Å². The molecule has 0 saturated heterocycles. The van der Waals surface area contributed by atoms with Gasteiger partial charge < -0.3 is 10.1 Å². The van der Waals surface area contributed by atoms with Gasteiger partial charge in [0.25, 0.3) is 0 Å². The Kier molecular flexibility index (Phi) is 6.42. The number of amides is 2. The molecule has 8 heteroatoms. The molecule has 0 fully saturated rings. The SMILES string of the molecule is COc1cc(Cl)ccc1NC(=O)Nc1nc(CN(C)C(C)C)cs1. The zero-order valence-corrected chi connectivity index (χ0v) is 15.7. The number of rotatable bonds is 6. The second kappa shape index (κ2) is 8.32. The fourth-order valence-electron chi connectivity index (χ4n) is 1.89. The Labute approximate surface area is 150 Å². The summed E-state index contributed by atoms with van der Waals surface area (Å²) in [7, 11) is 3.56. The van der Waals surface area contributed by atoms with Crippen LogP contribution in [0.5, 0.6) is 5.75 Å². The van der Waals surface area contributed by atoms with E-state index in [0.717, 1.165) is 12.2 Å². The van der Waals surface area contributed by atoms with Crippen molar-refractivity contribution in [3.05, 3.63) is 34.3 Å². The number of ether oxygens (including phenoxy) is 1. The summed E-state index contributed by atoms with van der Waals surface area (Å²) in [6.45, 7) is 4.99. The average Bonchev–Trinajstić information content (AvgIpc) is 2.95. The summed E-state index contributed by atoms with van der Waals surface area (Å²) in [6, 6.07) is 5.06. The molecule has 1 aromatic carbocycles. The number of anilines is 2. The number of nitrogens with one attached hydrogen (secondary N) is 2. The van der Waals surface area contributed by atoms with E-state index < -0.39 is 0 Å². The Hall–Kier alpha value is -1.83. The molecule has 2 N–H and O–H groups in total. The highest BCUT2D eigenvalue weighted by atomic mass is 35.5. The molecular weight excluding hydrogens is 348 g/mol. The first-order valence-electron chi connectivity index (χ1n) is 7.45. The molecule has 0 bridgehead atoms. The third kappa shape index (κ3) is 5.09. The van der Waals surface area contributed by atoms with Crippen LogP contribution in [0.3, 0.4) is 0 Å². The van der Waals surface area contributed by atoms with Gasteiger partial charge in [0, 0.05) is 29.1 Å². The van der Waals surface area contributed by atoms with E-state index in [1.54, 1.807) is 18.2 Å². The van der Waals surface area contributed by atoms with E-state index in [9.17, 15) is 4.79 Å². The summed E-state index contributed by atoms with van der Waals surface area (Å²) in [5, 5.41) is 8.49. The fourth-order valence-corrected chi connectivity index (χ4v) is 2.75. The lowest BCUT2D eigenvalue weighted by Gasteiger charge is -2.19. The summed E-state index contributed by atoms with van der Waals surface area (Å²) in [4.78, 5) is 18.7. The number of aromatic nitrogens is 1. The van der Waals surface area contributed by atoms with Crippen LogP contribution in [0.15, 0.2) is 23.6 Å². The molecule has 2 rings (SSSR count). The molecule has 130 valence electrons. The minimum absolute atomic E-state index is 0.381. The minimum atomic E-state index is -0.381. The molecule has 24 heavy (non-hydrogen) atoms. The van der Waals surface area contributed by atoms with E-state index in [4.69, 9.17) is 16.3 Å². The Morgan fingerprint density at radius 1 is 1.42 bits per heavy atom. The van der Waals surface area contributed by atoms with Gasteiger partial charge in [-0.2, -0.15) is 0 Å². The molecule has 1 heterocycles. The average molecular weight is 369 g/mol. The number of nitrogens with zero attached hydrogens (tertiary/aromatic N) is 2. The van der Waals surface area contributed by atoms with Gasteiger partial charge in [0.2, 0.25) is 0 Å². The standard InChI is InChI=1S/C16H21ClN4O2S/c1-10(2)21(3)8-12-9-24-16(18-12)20-15(22)19-13-6-5-11(17)7-14(13)23-4/h5-7,9-10H,8H2,1-4H3,(H2,18,19,20,22). The van der Waals surface area contributed by atoms with Gasteiger partial charge in [0.15, 0.2) is 5.13 Å². The Morgan fingerprint density at radius 3 is 2.83 bits per heavy atom. The van der Waals surface area contributed by atoms with Crippen molar-refractivity contribution in [2.24, 2.45) is 0 Å². The van der Waals surface area contributed by atoms with Gasteiger partial charge >= 0.3 is 6.03 Å². The molecule has 0 unspecified atom stereocenters. The van der Waals surface area contributed by atoms with E-state index in [2.05, 4.69) is 34.4 Å². The smallest absolute Gasteiger partial charge is 0.325 e. The summed E-state index contributed by atoms with van der Waals surface area (Å²) in [5.74, 6) is 0.496. The molecule has 0 aliphatic heterocycles. The fraction of sp³-hybridized carbons (Fsp3) is 0.375. The lowest BCUT2D eigenvalue weighted by molar-refractivity contribution is 0.261. The van der Waals surface area contributed by atoms with E-state index in [0.29, 0.717) is 27.6 Å². The van der Waals surface area contributed by atoms with Crippen molar-refractivity contribution >= 4 is 39.8 Å². The van der Waals surface area contributed by atoms with Crippen LogP contribution in [-0.2, 0) is 6.54 Å². The van der Waals surface area contributed by atoms with E-state index in [1.807, 2.05) is 12.4 Å². The maximum atomic E-state index is 12.1. The number of benzene rings is 1. The van der Waals surface area contributed by atoms with Crippen LogP contribution < -0.4 is 15.4 Å². The van der Waals surface area contributed by atoms with E-state index in [-0.39, 0.29) is 6.03 Å². The van der Waals surface area contributed by atoms with Crippen molar-refractivity contribution < 1.29 is 9.53 Å². The predicted molar refractivity (Wildman–Crippen MR) is 99.4 cm³/mol. The molecule has 0 atom stereocenters. The maximum absolute atomic E-state index is 12.1. The third-order valence-corrected chi connectivity index (χ3v) is 4.52. The molecule has 6 nitrogen and oxygen atoms in total. The predicted octanol–water partition coefficient (Wildman–Crippen LogP) is 4.29. The van der Waals surface area contributed by atoms with Gasteiger partial charge in [-0.05, 0) is 33.0 Å². The minimum Gasteiger partial charge on any atom is -0.495 e. The van der Waals surface area contributed by atoms with Crippen LogP contribution in [-0.4, -0.2) is 36.1 Å². The van der Waals surface area contributed by atoms with E-state index in [1.165, 1.54) is 18.4 Å². The number of carbonyl (C=O) groups is 1. The second-order valence-corrected chi connectivity index (χ2v) is 6.87. The maximum Gasteiger partial charge on any atom is 0.325 e. The lowest BCUT2D eigenvalue weighted by Crippen LogP contribution is -2.25. The first-order valence-corrected chi connectivity index (χ1v) is 8.71. The topological polar surface area (TPSA) is 66.5 Å². The van der Waals surface area contributed by atoms with E-state index >= 15 is 0 Å². The first-order chi connectivity index (χ1) is 11.4. The number of halogens is 1. The summed E-state index contributed by atoms with van der Waals surface area (Å²) in [5.41, 5.74) is 1.46. The molecule has 2 aromatic rings. The molecule has 0 aliphatic carbocycles. The summed E-state index contributed by atoms with van der Waals surface area (Å²) < 4.78 is 5.20. The monoisotopic (exact) mass is 368 g/mol. The third-order valence-electron chi connectivity index (χ3n) is 3.48. The number of hydrogen-bond donors (Lipinski definition) is 2. The molecule has 0 spiro atoms. The quantitative estimate of drug-likeness (QED) is 0.798. The van der Waals surface area contributed by atoms with Crippen LogP contribution in [0.2, 0.25) is 5.02 Å². The van der Waals surface area contributed by atoms with Gasteiger partial charge in [-0.25, -0.2) is 9.78 Å². The van der Waals surface area contributed by atoms with Crippen LogP contribution in [0, 0.1) is 0 Å². The van der Waals surface area contributed by atoms with Crippen LogP contribution >= 0.6 is 22.9 Å². The van der Waals surface area contributed by atoms with Crippen molar-refractivity contribution in [2.75, 3.05) is 24.8 Å². The zero-order chi connectivity index (χ0) is 17.7. The normalized spacial score (nSPS) is 11.0. The van der Waals surface area contributed by atoms with Crippen molar-refractivity contribution in [1.29, 1.82) is 0 Å². The number of thiazole rings is 1. The highest BCUT2D eigenvalue weighted by molar-refractivity contribution is 7.13. The van der Waals surface area contributed by atoms with Crippen LogP contribution in [0.25, 0.3) is 0 Å². The molecule has 0 radical (unpaired) electrons. The Bertz CT molecular complexity index is 705. The highest BCUT2D eigenvalue weighted by Crippen LogP contribution is 2.28. The van der Waals surface area contributed by atoms with Crippen molar-refractivity contribution in [1.82, 2.24) is 9.88 Å². The first kappa shape index (κ1) is 18.5. The van der Waals surface area contributed by atoms with Crippen LogP contribution in [0.1, 0.15) is 19.5 Å². The van der Waals surface area contributed by atoms with Crippen LogP contribution in [0.4, 0.5) is 15.6 Å². The number of urea groups is 1. The molecule has 1 aromatic heterocycles. The van der Waals surface area contributed by atoms with Gasteiger partial charge in [-0.3, -0.25) is 10.2 Å². The molecular formula is C16H21ClN4O2S. The van der Waals surface area contributed by atoms with Crippen molar-refractivity contribution in [2.45, 2.75) is 26.4 Å². The van der Waals surface area contributed by atoms with Gasteiger partial charge in [-0.1, -0.05) is 11.6 Å². The highest BCUT2D eigenvalue weighted by Gasteiger charge is 2.12. The zero-order valence-electron chi connectivity index (χ0n) is 14.1. The Morgan fingerprint density at radius 2 is 2.17 bits per heavy atom. The molecule has 2 amide bonds. The molecule has 0 saturated carbocycles.